The van der Waals surface area contributed by atoms with Gasteiger partial charge in [-0.05, 0) is 49.4 Å². The molecule has 3 aliphatic carbocycles. The van der Waals surface area contributed by atoms with Gasteiger partial charge >= 0.3 is 0 Å². The molecule has 1 heteroatoms. The van der Waals surface area contributed by atoms with Crippen molar-refractivity contribution in [1.29, 1.82) is 0 Å². The lowest BCUT2D eigenvalue weighted by Gasteiger charge is -2.27. The third-order valence-corrected chi connectivity index (χ3v) is 4.68. The van der Waals surface area contributed by atoms with E-state index in [4.69, 9.17) is 0 Å². The van der Waals surface area contributed by atoms with E-state index in [9.17, 15) is 5.11 Å². The average molecular weight is 166 g/mol. The van der Waals surface area contributed by atoms with Gasteiger partial charge < -0.3 is 5.11 Å². The van der Waals surface area contributed by atoms with Crippen LogP contribution in [0.1, 0.15) is 38.5 Å². The van der Waals surface area contributed by atoms with E-state index >= 15 is 0 Å². The minimum absolute atomic E-state index is 0.0917. The fraction of sp³-hybridized carbons (Fsp3) is 1.00. The predicted octanol–water partition coefficient (Wildman–Crippen LogP) is 2.19. The summed E-state index contributed by atoms with van der Waals surface area (Å²) in [6.45, 7) is 0. The van der Waals surface area contributed by atoms with E-state index in [0.29, 0.717) is 11.8 Å². The van der Waals surface area contributed by atoms with E-state index in [-0.39, 0.29) is 6.10 Å². The summed E-state index contributed by atoms with van der Waals surface area (Å²) in [6, 6.07) is 0. The lowest BCUT2D eigenvalue weighted by atomic mass is 9.82. The van der Waals surface area contributed by atoms with E-state index in [1.807, 2.05) is 0 Å². The minimum Gasteiger partial charge on any atom is -0.393 e. The van der Waals surface area contributed by atoms with Crippen molar-refractivity contribution >= 4 is 0 Å². The number of hydrogen-bond acceptors (Lipinski definition) is 1. The highest BCUT2D eigenvalue weighted by Crippen LogP contribution is 2.56. The number of aliphatic hydroxyl groups excluding tert-OH is 1. The molecule has 0 saturated heterocycles. The van der Waals surface area contributed by atoms with Crippen LogP contribution in [0.3, 0.4) is 0 Å². The van der Waals surface area contributed by atoms with Gasteiger partial charge in [0.2, 0.25) is 0 Å². The zero-order chi connectivity index (χ0) is 8.13. The van der Waals surface area contributed by atoms with E-state index in [2.05, 4.69) is 0 Å². The molecule has 0 spiro atoms. The Hall–Kier alpha value is -0.0400. The van der Waals surface area contributed by atoms with Crippen molar-refractivity contribution in [2.45, 2.75) is 44.6 Å². The third kappa shape index (κ3) is 0.783. The minimum atomic E-state index is 0.0917. The van der Waals surface area contributed by atoms with E-state index < -0.39 is 0 Å². The Bertz CT molecular complexity index is 167. The van der Waals surface area contributed by atoms with Crippen molar-refractivity contribution in [1.82, 2.24) is 0 Å². The zero-order valence-corrected chi connectivity index (χ0v) is 7.58. The van der Waals surface area contributed by atoms with Gasteiger partial charge in [0.05, 0.1) is 6.10 Å². The number of rotatable bonds is 0. The number of hydrogen-bond donors (Lipinski definition) is 1. The molecule has 1 N–H and O–H groups in total. The molecule has 0 aliphatic heterocycles. The SMILES string of the molecule is OC1C2CCCC1C1CCCC21. The maximum atomic E-state index is 10.0. The molecular weight excluding hydrogens is 148 g/mol. The van der Waals surface area contributed by atoms with Gasteiger partial charge in [0, 0.05) is 0 Å². The molecule has 1 nitrogen and oxygen atoms in total. The Morgan fingerprint density at radius 3 is 1.58 bits per heavy atom. The highest BCUT2D eigenvalue weighted by Gasteiger charge is 2.52. The maximum absolute atomic E-state index is 10.0. The first-order chi connectivity index (χ1) is 5.88. The summed E-state index contributed by atoms with van der Waals surface area (Å²) in [5.74, 6) is 3.26. The van der Waals surface area contributed by atoms with Crippen LogP contribution < -0.4 is 0 Å². The molecule has 3 rings (SSSR count). The Labute approximate surface area is 74.2 Å². The molecule has 3 aliphatic rings. The van der Waals surface area contributed by atoms with Crippen LogP contribution in [-0.2, 0) is 0 Å². The first-order valence-corrected chi connectivity index (χ1v) is 5.56. The molecule has 3 saturated carbocycles. The quantitative estimate of drug-likeness (QED) is 0.585. The fourth-order valence-corrected chi connectivity index (χ4v) is 4.26. The summed E-state index contributed by atoms with van der Waals surface area (Å²) >= 11 is 0. The van der Waals surface area contributed by atoms with Crippen molar-refractivity contribution < 1.29 is 5.11 Å². The van der Waals surface area contributed by atoms with Gasteiger partial charge in [-0.1, -0.05) is 12.8 Å². The highest BCUT2D eigenvalue weighted by atomic mass is 16.3. The topological polar surface area (TPSA) is 20.2 Å². The summed E-state index contributed by atoms with van der Waals surface area (Å²) in [7, 11) is 0. The van der Waals surface area contributed by atoms with Crippen molar-refractivity contribution in [3.63, 3.8) is 0 Å². The lowest BCUT2D eigenvalue weighted by Crippen LogP contribution is -2.28. The van der Waals surface area contributed by atoms with Gasteiger partial charge in [-0.25, -0.2) is 0 Å². The summed E-state index contributed by atoms with van der Waals surface area (Å²) in [5.41, 5.74) is 0. The van der Waals surface area contributed by atoms with Crippen molar-refractivity contribution in [2.24, 2.45) is 23.7 Å². The van der Waals surface area contributed by atoms with Crippen molar-refractivity contribution in [3.05, 3.63) is 0 Å². The molecule has 0 radical (unpaired) electrons. The summed E-state index contributed by atoms with van der Waals surface area (Å²) in [6.07, 6.45) is 8.40. The number of aliphatic hydroxyl groups is 1. The highest BCUT2D eigenvalue weighted by molar-refractivity contribution is 5.02. The monoisotopic (exact) mass is 166 g/mol. The fourth-order valence-electron chi connectivity index (χ4n) is 4.26. The lowest BCUT2D eigenvalue weighted by molar-refractivity contribution is 0.0445. The molecule has 12 heavy (non-hydrogen) atoms. The molecule has 4 unspecified atom stereocenters. The first kappa shape index (κ1) is 7.37. The average Bonchev–Trinajstić information content (AvgIpc) is 2.57. The summed E-state index contributed by atoms with van der Waals surface area (Å²) < 4.78 is 0. The Balaban J connectivity index is 1.92. The van der Waals surface area contributed by atoms with Crippen LogP contribution in [0.2, 0.25) is 0 Å². The van der Waals surface area contributed by atoms with Gasteiger partial charge in [0.1, 0.15) is 0 Å². The molecule has 68 valence electrons. The van der Waals surface area contributed by atoms with E-state index in [1.165, 1.54) is 38.5 Å². The third-order valence-electron chi connectivity index (χ3n) is 4.68. The first-order valence-electron chi connectivity index (χ1n) is 5.56. The molecule has 0 aromatic rings. The van der Waals surface area contributed by atoms with Crippen molar-refractivity contribution in [2.75, 3.05) is 0 Å². The normalized spacial score (nSPS) is 57.2. The van der Waals surface area contributed by atoms with Gasteiger partial charge in [-0.2, -0.15) is 0 Å². The van der Waals surface area contributed by atoms with Crippen LogP contribution in [0.15, 0.2) is 0 Å². The largest absolute Gasteiger partial charge is 0.393 e. The van der Waals surface area contributed by atoms with Crippen LogP contribution in [0.4, 0.5) is 0 Å². The summed E-state index contributed by atoms with van der Waals surface area (Å²) in [5, 5.41) is 10.0. The second-order valence-electron chi connectivity index (χ2n) is 5.01. The van der Waals surface area contributed by atoms with Crippen LogP contribution >= 0.6 is 0 Å². The molecule has 4 atom stereocenters. The second kappa shape index (κ2) is 2.47. The van der Waals surface area contributed by atoms with Gasteiger partial charge in [-0.15, -0.1) is 0 Å². The molecule has 0 aromatic carbocycles. The van der Waals surface area contributed by atoms with Crippen LogP contribution in [0, 0.1) is 23.7 Å². The molecule has 2 bridgehead atoms. The molecule has 0 amide bonds. The van der Waals surface area contributed by atoms with Gasteiger partial charge in [-0.3, -0.25) is 0 Å². The van der Waals surface area contributed by atoms with E-state index in [1.54, 1.807) is 0 Å². The second-order valence-corrected chi connectivity index (χ2v) is 5.01. The Morgan fingerprint density at radius 1 is 0.667 bits per heavy atom. The number of fused-ring (bicyclic) bond motifs is 5. The van der Waals surface area contributed by atoms with Gasteiger partial charge in [0.25, 0.3) is 0 Å². The standard InChI is InChI=1S/C11H18O/c12-11-9-5-2-6-10(11)8-4-1-3-7(8)9/h7-12H,1-6H2. The molecule has 0 heterocycles. The van der Waals surface area contributed by atoms with Crippen LogP contribution in [0.25, 0.3) is 0 Å². The zero-order valence-electron chi connectivity index (χ0n) is 7.58. The van der Waals surface area contributed by atoms with Crippen LogP contribution in [-0.4, -0.2) is 11.2 Å². The maximum Gasteiger partial charge on any atom is 0.0602 e. The predicted molar refractivity (Wildman–Crippen MR) is 47.7 cm³/mol. The molecule has 0 aromatic heterocycles. The molecular formula is C11H18O. The van der Waals surface area contributed by atoms with Crippen molar-refractivity contribution in [3.8, 4) is 0 Å². The Morgan fingerprint density at radius 2 is 1.08 bits per heavy atom. The summed E-state index contributed by atoms with van der Waals surface area (Å²) in [4.78, 5) is 0. The van der Waals surface area contributed by atoms with E-state index in [0.717, 1.165) is 11.8 Å². The Kier molecular flexibility index (Phi) is 1.52. The van der Waals surface area contributed by atoms with Crippen LogP contribution in [0.5, 0.6) is 0 Å². The molecule has 3 fully saturated rings. The smallest absolute Gasteiger partial charge is 0.0602 e. The van der Waals surface area contributed by atoms with Gasteiger partial charge in [0.15, 0.2) is 0 Å².